The van der Waals surface area contributed by atoms with Gasteiger partial charge in [-0.15, -0.1) is 0 Å². The quantitative estimate of drug-likeness (QED) is 0.164. The molecule has 0 aliphatic heterocycles. The number of hydrogen-bond acceptors (Lipinski definition) is 8. The van der Waals surface area contributed by atoms with Gasteiger partial charge in [0.2, 0.25) is 5.88 Å². The maximum absolute atomic E-state index is 9.55. The van der Waals surface area contributed by atoms with Gasteiger partial charge in [0.15, 0.2) is 0 Å². The standard InChI is InChI=1S/C33H39ClN4O4/c1-20(39)16-35-18-24-10-9-23(15-30(24)41-4)32-22(3)26(13-14-37-32)27-7-6-8-28(31(27)34)29-12-11-25(33(38-29)42-5)19-36-17-21(2)40/h6-15,20-21,35-36,39-40H,16-19H2,1-5H3/t20-,21+/m0/s1. The zero-order valence-electron chi connectivity index (χ0n) is 24.7. The van der Waals surface area contributed by atoms with E-state index in [1.54, 1.807) is 34.3 Å². The van der Waals surface area contributed by atoms with E-state index in [1.165, 1.54) is 0 Å². The number of hydrogen-bond donors (Lipinski definition) is 4. The minimum Gasteiger partial charge on any atom is -0.496 e. The van der Waals surface area contributed by atoms with E-state index in [2.05, 4.69) is 10.6 Å². The number of rotatable bonds is 13. The number of ether oxygens (including phenoxy) is 2. The number of aliphatic hydroxyl groups excluding tert-OH is 2. The van der Waals surface area contributed by atoms with Crippen molar-refractivity contribution in [3.63, 3.8) is 0 Å². The number of benzene rings is 2. The molecule has 4 aromatic rings. The summed E-state index contributed by atoms with van der Waals surface area (Å²) in [7, 11) is 3.25. The topological polar surface area (TPSA) is 109 Å². The molecule has 0 aliphatic rings. The van der Waals surface area contributed by atoms with Gasteiger partial charge in [0.25, 0.3) is 0 Å². The SMILES string of the molecule is COc1cc(-c2nccc(-c3cccc(-c4ccc(CNC[C@@H](C)O)c(OC)n4)c3Cl)c2C)ccc1CNC[C@H](C)O. The van der Waals surface area contributed by atoms with Crippen molar-refractivity contribution >= 4 is 11.6 Å². The normalized spacial score (nSPS) is 12.7. The van der Waals surface area contributed by atoms with Crippen LogP contribution in [0.1, 0.15) is 30.5 Å². The van der Waals surface area contributed by atoms with E-state index in [-0.39, 0.29) is 0 Å². The van der Waals surface area contributed by atoms with Gasteiger partial charge in [-0.1, -0.05) is 48.0 Å². The molecule has 4 rings (SSSR count). The van der Waals surface area contributed by atoms with Gasteiger partial charge in [-0.2, -0.15) is 0 Å². The van der Waals surface area contributed by atoms with Crippen LogP contribution in [0.25, 0.3) is 33.6 Å². The molecule has 0 amide bonds. The van der Waals surface area contributed by atoms with Crippen molar-refractivity contribution in [1.29, 1.82) is 0 Å². The number of nitrogens with zero attached hydrogens (tertiary/aromatic N) is 2. The molecule has 2 atom stereocenters. The third-order valence-electron chi connectivity index (χ3n) is 6.97. The Morgan fingerprint density at radius 3 is 2.17 bits per heavy atom. The van der Waals surface area contributed by atoms with Crippen LogP contribution in [0.4, 0.5) is 0 Å². The lowest BCUT2D eigenvalue weighted by Crippen LogP contribution is -2.24. The highest BCUT2D eigenvalue weighted by Crippen LogP contribution is 2.40. The van der Waals surface area contributed by atoms with Crippen LogP contribution in [0.2, 0.25) is 5.02 Å². The van der Waals surface area contributed by atoms with Crippen molar-refractivity contribution in [3.05, 3.63) is 82.5 Å². The first-order valence-electron chi connectivity index (χ1n) is 14.0. The molecule has 0 aliphatic carbocycles. The molecule has 0 saturated heterocycles. The number of nitrogens with one attached hydrogen (secondary N) is 2. The molecule has 4 N–H and O–H groups in total. The third-order valence-corrected chi connectivity index (χ3v) is 7.38. The Hall–Kier alpha value is -3.53. The van der Waals surface area contributed by atoms with Crippen molar-refractivity contribution in [1.82, 2.24) is 20.6 Å². The average Bonchev–Trinajstić information content (AvgIpc) is 2.97. The molecule has 9 heteroatoms. The largest absolute Gasteiger partial charge is 0.496 e. The first kappa shape index (κ1) is 31.4. The summed E-state index contributed by atoms with van der Waals surface area (Å²) in [4.78, 5) is 9.45. The zero-order valence-corrected chi connectivity index (χ0v) is 25.5. The van der Waals surface area contributed by atoms with Gasteiger partial charge in [0.05, 0.1) is 42.8 Å². The van der Waals surface area contributed by atoms with E-state index < -0.39 is 12.2 Å². The lowest BCUT2D eigenvalue weighted by molar-refractivity contribution is 0.190. The second-order valence-electron chi connectivity index (χ2n) is 10.4. The van der Waals surface area contributed by atoms with Gasteiger partial charge >= 0.3 is 0 Å². The van der Waals surface area contributed by atoms with E-state index in [0.29, 0.717) is 42.8 Å². The van der Waals surface area contributed by atoms with Gasteiger partial charge in [-0.3, -0.25) is 4.98 Å². The van der Waals surface area contributed by atoms with Crippen LogP contribution in [-0.2, 0) is 13.1 Å². The Bertz CT molecular complexity index is 1400. The predicted molar refractivity (Wildman–Crippen MR) is 168 cm³/mol. The Morgan fingerprint density at radius 1 is 0.833 bits per heavy atom. The number of methoxy groups -OCH3 is 2. The fourth-order valence-corrected chi connectivity index (χ4v) is 5.18. The fraction of sp³-hybridized carbons (Fsp3) is 0.333. The molecule has 0 fully saturated rings. The molecular formula is C33H39ClN4O4. The first-order valence-corrected chi connectivity index (χ1v) is 14.3. The molecule has 0 saturated carbocycles. The number of aromatic nitrogens is 2. The molecule has 0 unspecified atom stereocenters. The summed E-state index contributed by atoms with van der Waals surface area (Å²) in [6.07, 6.45) is 0.935. The number of aliphatic hydroxyl groups is 2. The highest BCUT2D eigenvalue weighted by molar-refractivity contribution is 6.36. The summed E-state index contributed by atoms with van der Waals surface area (Å²) in [5.41, 5.74) is 8.00. The van der Waals surface area contributed by atoms with Crippen LogP contribution in [0.15, 0.2) is 60.8 Å². The minimum atomic E-state index is -0.438. The van der Waals surface area contributed by atoms with Crippen LogP contribution >= 0.6 is 11.6 Å². The van der Waals surface area contributed by atoms with Crippen LogP contribution in [-0.4, -0.2) is 59.7 Å². The van der Waals surface area contributed by atoms with Crippen LogP contribution in [0.5, 0.6) is 11.6 Å². The van der Waals surface area contributed by atoms with Crippen molar-refractivity contribution in [2.75, 3.05) is 27.3 Å². The van der Waals surface area contributed by atoms with Crippen molar-refractivity contribution in [2.24, 2.45) is 0 Å². The Morgan fingerprint density at radius 2 is 1.50 bits per heavy atom. The first-order chi connectivity index (χ1) is 20.2. The lowest BCUT2D eigenvalue weighted by Gasteiger charge is -2.16. The van der Waals surface area contributed by atoms with E-state index in [9.17, 15) is 10.2 Å². The molecular weight excluding hydrogens is 552 g/mol. The number of halogens is 1. The second kappa shape index (κ2) is 14.6. The minimum absolute atomic E-state index is 0.420. The van der Waals surface area contributed by atoms with Gasteiger partial charge in [-0.05, 0) is 50.1 Å². The zero-order chi connectivity index (χ0) is 30.2. The maximum Gasteiger partial charge on any atom is 0.218 e. The van der Waals surface area contributed by atoms with Gasteiger partial charge in [-0.25, -0.2) is 4.98 Å². The molecule has 0 spiro atoms. The Kier molecular flexibility index (Phi) is 10.9. The summed E-state index contributed by atoms with van der Waals surface area (Å²) in [5.74, 6) is 1.26. The van der Waals surface area contributed by atoms with Crippen LogP contribution in [0.3, 0.4) is 0 Å². The van der Waals surface area contributed by atoms with E-state index in [4.69, 9.17) is 31.0 Å². The summed E-state index contributed by atoms with van der Waals surface area (Å²) in [6, 6.07) is 17.8. The van der Waals surface area contributed by atoms with Crippen molar-refractivity contribution in [2.45, 2.75) is 46.1 Å². The molecule has 42 heavy (non-hydrogen) atoms. The third kappa shape index (κ3) is 7.45. The summed E-state index contributed by atoms with van der Waals surface area (Å²) in [6.45, 7) is 7.62. The lowest BCUT2D eigenvalue weighted by atomic mass is 9.94. The molecule has 2 heterocycles. The van der Waals surface area contributed by atoms with Crippen LogP contribution in [0, 0.1) is 6.92 Å². The molecule has 0 bridgehead atoms. The van der Waals surface area contributed by atoms with Crippen LogP contribution < -0.4 is 20.1 Å². The van der Waals surface area contributed by atoms with E-state index >= 15 is 0 Å². The average molecular weight is 591 g/mol. The molecule has 2 aromatic heterocycles. The van der Waals surface area contributed by atoms with E-state index in [0.717, 1.165) is 50.4 Å². The smallest absolute Gasteiger partial charge is 0.218 e. The summed E-state index contributed by atoms with van der Waals surface area (Å²) in [5, 5.41) is 26.1. The number of pyridine rings is 2. The molecule has 8 nitrogen and oxygen atoms in total. The summed E-state index contributed by atoms with van der Waals surface area (Å²) < 4.78 is 11.3. The maximum atomic E-state index is 9.55. The molecule has 0 radical (unpaired) electrons. The van der Waals surface area contributed by atoms with Gasteiger partial charge in [0.1, 0.15) is 5.75 Å². The second-order valence-corrected chi connectivity index (χ2v) is 10.7. The highest BCUT2D eigenvalue weighted by atomic mass is 35.5. The Balaban J connectivity index is 1.66. The monoisotopic (exact) mass is 590 g/mol. The highest BCUT2D eigenvalue weighted by Gasteiger charge is 2.17. The van der Waals surface area contributed by atoms with Crippen molar-refractivity contribution in [3.8, 4) is 45.3 Å². The summed E-state index contributed by atoms with van der Waals surface area (Å²) >= 11 is 7.05. The molecule has 222 valence electrons. The fourth-order valence-electron chi connectivity index (χ4n) is 4.86. The van der Waals surface area contributed by atoms with Gasteiger partial charge < -0.3 is 30.3 Å². The van der Waals surface area contributed by atoms with Gasteiger partial charge in [0, 0.05) is 60.2 Å². The predicted octanol–water partition coefficient (Wildman–Crippen LogP) is 5.40. The molecule has 2 aromatic carbocycles. The van der Waals surface area contributed by atoms with E-state index in [1.807, 2.05) is 61.5 Å². The Labute approximate surface area is 252 Å². The van der Waals surface area contributed by atoms with Crippen molar-refractivity contribution < 1.29 is 19.7 Å².